The average Bonchev–Trinajstić information content (AvgIpc) is 2.91. The van der Waals surface area contributed by atoms with E-state index < -0.39 is 60.6 Å². The predicted octanol–water partition coefficient (Wildman–Crippen LogP) is 3.31. The number of benzene rings is 2. The molecule has 0 saturated carbocycles. The fourth-order valence-electron chi connectivity index (χ4n) is 4.09. The minimum atomic E-state index is -1.31. The van der Waals surface area contributed by atoms with Crippen molar-refractivity contribution in [2.45, 2.75) is 64.8 Å². The molecule has 0 unspecified atom stereocenters. The second-order valence-corrected chi connectivity index (χ2v) is 10.1. The van der Waals surface area contributed by atoms with Gasteiger partial charge in [-0.15, -0.1) is 0 Å². The summed E-state index contributed by atoms with van der Waals surface area (Å²) >= 11 is 3.32. The molecule has 5 atom stereocenters. The van der Waals surface area contributed by atoms with Crippen molar-refractivity contribution in [3.8, 4) is 5.75 Å². The van der Waals surface area contributed by atoms with Gasteiger partial charge in [0.2, 0.25) is 0 Å². The number of hydrogen-bond acceptors (Lipinski definition) is 12. The Labute approximate surface area is 250 Å². The van der Waals surface area contributed by atoms with Gasteiger partial charge in [0.1, 0.15) is 18.5 Å². The van der Waals surface area contributed by atoms with Crippen LogP contribution in [0.1, 0.15) is 43.6 Å². The first-order chi connectivity index (χ1) is 19.9. The molecule has 13 heteroatoms. The van der Waals surface area contributed by atoms with Gasteiger partial charge >= 0.3 is 29.8 Å². The Bertz CT molecular complexity index is 1260. The van der Waals surface area contributed by atoms with Crippen LogP contribution >= 0.6 is 15.9 Å². The first-order valence-corrected chi connectivity index (χ1v) is 13.7. The largest absolute Gasteiger partial charge is 0.463 e. The summed E-state index contributed by atoms with van der Waals surface area (Å²) < 4.78 is 39.3. The predicted molar refractivity (Wildman–Crippen MR) is 147 cm³/mol. The smallest absolute Gasteiger partial charge is 0.343 e. The number of ether oxygens (including phenoxy) is 7. The zero-order valence-electron chi connectivity index (χ0n) is 23.4. The third-order valence-corrected chi connectivity index (χ3v) is 6.36. The van der Waals surface area contributed by atoms with E-state index in [1.54, 1.807) is 48.5 Å². The molecule has 2 aromatic carbocycles. The average molecular weight is 651 g/mol. The van der Waals surface area contributed by atoms with Crippen LogP contribution in [0.15, 0.2) is 53.0 Å². The molecule has 1 aliphatic heterocycles. The van der Waals surface area contributed by atoms with Crippen LogP contribution in [-0.2, 0) is 54.0 Å². The molecule has 0 N–H and O–H groups in total. The maximum atomic E-state index is 12.4. The molecule has 12 nitrogen and oxygen atoms in total. The van der Waals surface area contributed by atoms with Crippen molar-refractivity contribution < 1.29 is 57.1 Å². The minimum absolute atomic E-state index is 0.0613. The van der Waals surface area contributed by atoms with Crippen molar-refractivity contribution in [3.05, 3.63) is 64.1 Å². The number of halogens is 1. The molecular weight excluding hydrogens is 620 g/mol. The fraction of sp³-hybridized carbons (Fsp3) is 0.414. The molecule has 1 fully saturated rings. The Morgan fingerprint density at radius 2 is 1.31 bits per heavy atom. The highest BCUT2D eigenvalue weighted by Crippen LogP contribution is 2.30. The fourth-order valence-corrected chi connectivity index (χ4v) is 4.36. The summed E-state index contributed by atoms with van der Waals surface area (Å²) in [6.07, 6.45) is -5.87. The van der Waals surface area contributed by atoms with Crippen molar-refractivity contribution in [2.75, 3.05) is 13.2 Å². The van der Waals surface area contributed by atoms with E-state index in [0.29, 0.717) is 17.7 Å². The zero-order chi connectivity index (χ0) is 30.8. The van der Waals surface area contributed by atoms with Gasteiger partial charge in [-0.25, -0.2) is 4.79 Å². The maximum Gasteiger partial charge on any atom is 0.343 e. The van der Waals surface area contributed by atoms with Gasteiger partial charge < -0.3 is 33.2 Å². The second-order valence-electron chi connectivity index (χ2n) is 9.23. The summed E-state index contributed by atoms with van der Waals surface area (Å²) in [5, 5.41) is 0. The Morgan fingerprint density at radius 3 is 1.88 bits per heavy atom. The molecule has 0 spiro atoms. The number of carbonyl (C=O) groups is 5. The van der Waals surface area contributed by atoms with E-state index in [0.717, 1.165) is 30.8 Å². The maximum absolute atomic E-state index is 12.4. The SMILES string of the molecule is CC(=O)OC[C@H]1O[C@@H](OCCc2ccc(OC(=O)c3ccc(Br)cc3)cc2)[C@H](OC(C)=O)[C@@H](OC(C)=O)[C@@H]1OC(C)=O. The van der Waals surface area contributed by atoms with Crippen LogP contribution in [0.5, 0.6) is 5.75 Å². The summed E-state index contributed by atoms with van der Waals surface area (Å²) in [6.45, 7) is 4.34. The molecule has 0 aromatic heterocycles. The molecule has 0 amide bonds. The molecule has 1 aliphatic rings. The van der Waals surface area contributed by atoms with E-state index in [-0.39, 0.29) is 13.2 Å². The highest BCUT2D eigenvalue weighted by atomic mass is 79.9. The van der Waals surface area contributed by atoms with Gasteiger partial charge in [-0.1, -0.05) is 28.1 Å². The molecule has 2 aromatic rings. The van der Waals surface area contributed by atoms with Gasteiger partial charge in [-0.05, 0) is 48.4 Å². The highest BCUT2D eigenvalue weighted by Gasteiger charge is 2.52. The van der Waals surface area contributed by atoms with Crippen LogP contribution in [0, 0.1) is 0 Å². The van der Waals surface area contributed by atoms with Crippen molar-refractivity contribution in [3.63, 3.8) is 0 Å². The summed E-state index contributed by atoms with van der Waals surface area (Å²) in [7, 11) is 0. The van der Waals surface area contributed by atoms with E-state index in [2.05, 4.69) is 15.9 Å². The van der Waals surface area contributed by atoms with Crippen LogP contribution in [0.3, 0.4) is 0 Å². The standard InChI is InChI=1S/C29H31BrO12/c1-16(31)37-15-24-25(38-17(2)32)26(39-18(3)33)27(40-19(4)34)29(42-24)36-14-13-20-5-11-23(12-6-20)41-28(35)21-7-9-22(30)10-8-21/h5-12,24-27,29H,13-15H2,1-4H3/t24-,25-,26+,27-,29-/m1/s1. The Balaban J connectivity index is 1.70. The molecule has 42 heavy (non-hydrogen) atoms. The van der Waals surface area contributed by atoms with E-state index in [4.69, 9.17) is 33.2 Å². The van der Waals surface area contributed by atoms with Gasteiger partial charge in [-0.2, -0.15) is 0 Å². The number of rotatable bonds is 11. The summed E-state index contributed by atoms with van der Waals surface area (Å²) in [5.74, 6) is -2.94. The number of hydrogen-bond donors (Lipinski definition) is 0. The van der Waals surface area contributed by atoms with E-state index in [1.165, 1.54) is 6.92 Å². The molecule has 226 valence electrons. The van der Waals surface area contributed by atoms with E-state index in [1.807, 2.05) is 0 Å². The van der Waals surface area contributed by atoms with Crippen LogP contribution in [-0.4, -0.2) is 73.8 Å². The van der Waals surface area contributed by atoms with E-state index >= 15 is 0 Å². The first kappa shape index (κ1) is 32.7. The summed E-state index contributed by atoms with van der Waals surface area (Å²) in [6, 6.07) is 13.6. The lowest BCUT2D eigenvalue weighted by atomic mass is 9.98. The molecule has 3 rings (SSSR count). The normalized spacial score (nSPS) is 21.5. The van der Waals surface area contributed by atoms with Crippen LogP contribution in [0.25, 0.3) is 0 Å². The summed E-state index contributed by atoms with van der Waals surface area (Å²) in [4.78, 5) is 59.5. The molecule has 1 heterocycles. The second kappa shape index (κ2) is 15.4. The Kier molecular flexibility index (Phi) is 12.0. The monoisotopic (exact) mass is 650 g/mol. The molecule has 0 radical (unpaired) electrons. The van der Waals surface area contributed by atoms with Gasteiger partial charge in [0.05, 0.1) is 12.2 Å². The lowest BCUT2D eigenvalue weighted by Crippen LogP contribution is -2.63. The van der Waals surface area contributed by atoms with Crippen molar-refractivity contribution >= 4 is 45.8 Å². The van der Waals surface area contributed by atoms with Crippen molar-refractivity contribution in [1.29, 1.82) is 0 Å². The third-order valence-electron chi connectivity index (χ3n) is 5.83. The van der Waals surface area contributed by atoms with Gasteiger partial charge in [0.25, 0.3) is 0 Å². The van der Waals surface area contributed by atoms with Gasteiger partial charge in [0.15, 0.2) is 24.6 Å². The molecule has 1 saturated heterocycles. The van der Waals surface area contributed by atoms with Crippen LogP contribution < -0.4 is 4.74 Å². The topological polar surface area (TPSA) is 150 Å². The summed E-state index contributed by atoms with van der Waals surface area (Å²) in [5.41, 5.74) is 1.23. The van der Waals surface area contributed by atoms with Crippen LogP contribution in [0.4, 0.5) is 0 Å². The van der Waals surface area contributed by atoms with Crippen LogP contribution in [0.2, 0.25) is 0 Å². The Hall–Kier alpha value is -3.81. The number of carbonyl (C=O) groups excluding carboxylic acids is 5. The number of esters is 5. The molecule has 0 bridgehead atoms. The lowest BCUT2D eigenvalue weighted by molar-refractivity contribution is -0.307. The highest BCUT2D eigenvalue weighted by molar-refractivity contribution is 9.10. The molecule has 0 aliphatic carbocycles. The lowest BCUT2D eigenvalue weighted by Gasteiger charge is -2.44. The Morgan fingerprint density at radius 1 is 0.738 bits per heavy atom. The van der Waals surface area contributed by atoms with E-state index in [9.17, 15) is 24.0 Å². The van der Waals surface area contributed by atoms with Crippen molar-refractivity contribution in [1.82, 2.24) is 0 Å². The van der Waals surface area contributed by atoms with Gasteiger partial charge in [-0.3, -0.25) is 19.2 Å². The molecular formula is C29H31BrO12. The quantitative estimate of drug-likeness (QED) is 0.199. The first-order valence-electron chi connectivity index (χ1n) is 12.9. The third kappa shape index (κ3) is 9.93. The van der Waals surface area contributed by atoms with Gasteiger partial charge in [0, 0.05) is 32.2 Å². The minimum Gasteiger partial charge on any atom is -0.463 e. The zero-order valence-corrected chi connectivity index (χ0v) is 25.0. The van der Waals surface area contributed by atoms with Crippen molar-refractivity contribution in [2.24, 2.45) is 0 Å².